The Kier molecular flexibility index (Phi) is 5.91. The molecule has 0 spiro atoms. The fourth-order valence-electron chi connectivity index (χ4n) is 3.98. The lowest BCUT2D eigenvalue weighted by molar-refractivity contribution is -0.385. The number of hydrogen-bond acceptors (Lipinski definition) is 6. The molecule has 2 aromatic rings. The number of nitrogens with zero attached hydrogens (tertiary/aromatic N) is 2. The molecule has 0 aliphatic carbocycles. The van der Waals surface area contributed by atoms with Gasteiger partial charge in [-0.3, -0.25) is 10.1 Å². The molecule has 1 N–H and O–H groups in total. The Morgan fingerprint density at radius 1 is 1.10 bits per heavy atom. The van der Waals surface area contributed by atoms with Crippen LogP contribution in [0.4, 0.5) is 5.69 Å². The van der Waals surface area contributed by atoms with Crippen LogP contribution in [0.25, 0.3) is 0 Å². The minimum absolute atomic E-state index is 0.0484. The molecule has 0 amide bonds. The largest absolute Gasteiger partial charge is 0.456 e. The monoisotopic (exact) mass is 471 g/mol. The van der Waals surface area contributed by atoms with Crippen molar-refractivity contribution in [2.24, 2.45) is 5.92 Å². The molecule has 160 valence electrons. The number of halogens is 2. The molecule has 3 fully saturated rings. The van der Waals surface area contributed by atoms with Gasteiger partial charge in [-0.25, -0.2) is 13.1 Å². The molecule has 2 aromatic carbocycles. The highest BCUT2D eigenvalue weighted by molar-refractivity contribution is 7.89. The Morgan fingerprint density at radius 3 is 2.33 bits per heavy atom. The Hall–Kier alpha value is -1.91. The quantitative estimate of drug-likeness (QED) is 0.503. The third kappa shape index (κ3) is 4.55. The van der Waals surface area contributed by atoms with E-state index in [2.05, 4.69) is 9.62 Å². The van der Waals surface area contributed by atoms with Crippen molar-refractivity contribution in [3.05, 3.63) is 56.6 Å². The normalized spacial score (nSPS) is 23.3. The number of ether oxygens (including phenoxy) is 1. The van der Waals surface area contributed by atoms with Gasteiger partial charge in [0.25, 0.3) is 5.69 Å². The number of hydrogen-bond donors (Lipinski definition) is 1. The highest BCUT2D eigenvalue weighted by Crippen LogP contribution is 2.35. The number of piperidine rings is 3. The molecule has 1 atom stereocenters. The van der Waals surface area contributed by atoms with Crippen LogP contribution >= 0.6 is 23.2 Å². The molecule has 3 saturated heterocycles. The maximum absolute atomic E-state index is 13.2. The Bertz CT molecular complexity index is 1070. The summed E-state index contributed by atoms with van der Waals surface area (Å²) in [4.78, 5) is 12.5. The molecule has 1 unspecified atom stereocenters. The molecule has 8 nitrogen and oxygen atoms in total. The molecule has 3 aliphatic rings. The van der Waals surface area contributed by atoms with Crippen LogP contribution in [0.3, 0.4) is 0 Å². The second-order valence-electron chi connectivity index (χ2n) is 7.46. The topological polar surface area (TPSA) is 102 Å². The number of fused-ring (bicyclic) bond motifs is 3. The summed E-state index contributed by atoms with van der Waals surface area (Å²) in [6, 6.07) is 7.68. The standard InChI is InChI=1S/C19H19Cl2N3O5S/c20-13-7-14(21)9-16(8-13)29-18-2-1-15(24(25)26)10-19(18)30(27,28)22-17-11-23-5-3-12(17)4-6-23/h1-2,7-10,12,17,22H,3-6,11H2. The molecule has 11 heteroatoms. The van der Waals surface area contributed by atoms with Gasteiger partial charge in [0.1, 0.15) is 16.4 Å². The first-order chi connectivity index (χ1) is 14.2. The van der Waals surface area contributed by atoms with Crippen molar-refractivity contribution in [1.82, 2.24) is 9.62 Å². The minimum Gasteiger partial charge on any atom is -0.456 e. The zero-order chi connectivity index (χ0) is 21.5. The third-order valence-corrected chi connectivity index (χ3v) is 7.40. The van der Waals surface area contributed by atoms with Crippen LogP contribution < -0.4 is 9.46 Å². The summed E-state index contributed by atoms with van der Waals surface area (Å²) in [5.41, 5.74) is -0.347. The Morgan fingerprint density at radius 2 is 1.77 bits per heavy atom. The van der Waals surface area contributed by atoms with Crippen molar-refractivity contribution < 1.29 is 18.1 Å². The number of nitro benzene ring substituents is 1. The van der Waals surface area contributed by atoms with Gasteiger partial charge in [-0.05, 0) is 56.1 Å². The van der Waals surface area contributed by atoms with Crippen LogP contribution in [0.1, 0.15) is 12.8 Å². The number of non-ortho nitro benzene ring substituents is 1. The molecule has 0 aromatic heterocycles. The summed E-state index contributed by atoms with van der Waals surface area (Å²) in [5, 5.41) is 11.9. The van der Waals surface area contributed by atoms with E-state index < -0.39 is 14.9 Å². The van der Waals surface area contributed by atoms with Crippen LogP contribution in [-0.4, -0.2) is 43.9 Å². The summed E-state index contributed by atoms with van der Waals surface area (Å²) in [5.74, 6) is 0.424. The van der Waals surface area contributed by atoms with E-state index in [1.807, 2.05) is 0 Å². The number of rotatable bonds is 6. The Labute approximate surface area is 183 Å². The molecule has 5 rings (SSSR count). The van der Waals surface area contributed by atoms with Crippen molar-refractivity contribution >= 4 is 38.9 Å². The van der Waals surface area contributed by atoms with Gasteiger partial charge in [-0.1, -0.05) is 23.2 Å². The van der Waals surface area contributed by atoms with Crippen molar-refractivity contribution in [1.29, 1.82) is 0 Å². The highest BCUT2D eigenvalue weighted by atomic mass is 35.5. The van der Waals surface area contributed by atoms with E-state index in [1.54, 1.807) is 0 Å². The molecule has 30 heavy (non-hydrogen) atoms. The average molecular weight is 472 g/mol. The number of nitro groups is 1. The van der Waals surface area contributed by atoms with Crippen LogP contribution in [0.5, 0.6) is 11.5 Å². The highest BCUT2D eigenvalue weighted by Gasteiger charge is 2.37. The van der Waals surface area contributed by atoms with Crippen LogP contribution in [0.2, 0.25) is 10.0 Å². The van der Waals surface area contributed by atoms with E-state index in [4.69, 9.17) is 27.9 Å². The first kappa shape index (κ1) is 21.3. The van der Waals surface area contributed by atoms with Gasteiger partial charge < -0.3 is 9.64 Å². The third-order valence-electron chi connectivity index (χ3n) is 5.45. The summed E-state index contributed by atoms with van der Waals surface area (Å²) in [7, 11) is -4.08. The van der Waals surface area contributed by atoms with E-state index in [0.29, 0.717) is 16.6 Å². The van der Waals surface area contributed by atoms with Gasteiger partial charge in [0.15, 0.2) is 0 Å². The average Bonchev–Trinajstić information content (AvgIpc) is 2.68. The lowest BCUT2D eigenvalue weighted by Crippen LogP contribution is -2.57. The van der Waals surface area contributed by atoms with Crippen molar-refractivity contribution in [2.75, 3.05) is 19.6 Å². The minimum atomic E-state index is -4.08. The lowest BCUT2D eigenvalue weighted by atomic mass is 9.85. The number of benzene rings is 2. The van der Waals surface area contributed by atoms with Gasteiger partial charge in [0.05, 0.1) is 4.92 Å². The first-order valence-electron chi connectivity index (χ1n) is 9.38. The fraction of sp³-hybridized carbons (Fsp3) is 0.368. The van der Waals surface area contributed by atoms with Gasteiger partial charge in [-0.2, -0.15) is 0 Å². The predicted octanol–water partition coefficient (Wildman–Crippen LogP) is 4.07. The van der Waals surface area contributed by atoms with Crippen molar-refractivity contribution in [3.63, 3.8) is 0 Å². The SMILES string of the molecule is O=[N+]([O-])c1ccc(Oc2cc(Cl)cc(Cl)c2)c(S(=O)(=O)NC2CN3CCC2CC3)c1. The molecular formula is C19H19Cl2N3O5S. The van der Waals surface area contributed by atoms with Gasteiger partial charge in [0, 0.05) is 34.8 Å². The van der Waals surface area contributed by atoms with Crippen molar-refractivity contribution in [3.8, 4) is 11.5 Å². The van der Waals surface area contributed by atoms with Crippen molar-refractivity contribution in [2.45, 2.75) is 23.8 Å². The van der Waals surface area contributed by atoms with Gasteiger partial charge in [-0.15, -0.1) is 0 Å². The first-order valence-corrected chi connectivity index (χ1v) is 11.6. The molecule has 3 heterocycles. The van der Waals surface area contributed by atoms with Gasteiger partial charge >= 0.3 is 0 Å². The zero-order valence-electron chi connectivity index (χ0n) is 15.8. The summed E-state index contributed by atoms with van der Waals surface area (Å²) in [6.07, 6.45) is 1.85. The summed E-state index contributed by atoms with van der Waals surface area (Å²) in [6.45, 7) is 2.55. The molecule has 2 bridgehead atoms. The Balaban J connectivity index is 1.69. The number of nitrogens with one attached hydrogen (secondary N) is 1. The van der Waals surface area contributed by atoms with Crippen LogP contribution in [0.15, 0.2) is 41.3 Å². The van der Waals surface area contributed by atoms with E-state index in [0.717, 1.165) is 32.0 Å². The van der Waals surface area contributed by atoms with Gasteiger partial charge in [0.2, 0.25) is 10.0 Å². The van der Waals surface area contributed by atoms with Crippen LogP contribution in [0, 0.1) is 16.0 Å². The maximum atomic E-state index is 13.2. The zero-order valence-corrected chi connectivity index (χ0v) is 18.1. The van der Waals surface area contributed by atoms with E-state index in [-0.39, 0.29) is 34.0 Å². The second kappa shape index (κ2) is 8.32. The fourth-order valence-corrected chi connectivity index (χ4v) is 5.93. The van der Waals surface area contributed by atoms with E-state index >= 15 is 0 Å². The lowest BCUT2D eigenvalue weighted by Gasteiger charge is -2.44. The molecule has 3 aliphatic heterocycles. The smallest absolute Gasteiger partial charge is 0.271 e. The second-order valence-corrected chi connectivity index (χ2v) is 10.0. The maximum Gasteiger partial charge on any atom is 0.271 e. The van der Waals surface area contributed by atoms with E-state index in [9.17, 15) is 18.5 Å². The van der Waals surface area contributed by atoms with Crippen LogP contribution in [-0.2, 0) is 10.0 Å². The molecule has 0 saturated carbocycles. The number of sulfonamides is 1. The summed E-state index contributed by atoms with van der Waals surface area (Å²) >= 11 is 12.0. The summed E-state index contributed by atoms with van der Waals surface area (Å²) < 4.78 is 34.9. The predicted molar refractivity (Wildman–Crippen MR) is 113 cm³/mol. The molecular weight excluding hydrogens is 453 g/mol. The molecule has 0 radical (unpaired) electrons. The van der Waals surface area contributed by atoms with E-state index in [1.165, 1.54) is 30.3 Å².